The summed E-state index contributed by atoms with van der Waals surface area (Å²) in [6.07, 6.45) is 1.65. The van der Waals surface area contributed by atoms with Crippen LogP contribution in [0.4, 0.5) is 11.4 Å². The fourth-order valence-electron chi connectivity index (χ4n) is 6.24. The lowest BCUT2D eigenvalue weighted by atomic mass is 9.75. The molecule has 4 atom stereocenters. The smallest absolute Gasteiger partial charge is 0.308 e. The number of hydrogen-bond donors (Lipinski definition) is 1. The zero-order valence-corrected chi connectivity index (χ0v) is 17.4. The summed E-state index contributed by atoms with van der Waals surface area (Å²) in [6.45, 7) is 1.98. The van der Waals surface area contributed by atoms with Gasteiger partial charge in [0.05, 0.1) is 17.5 Å². The van der Waals surface area contributed by atoms with Gasteiger partial charge in [0.25, 0.3) is 0 Å². The van der Waals surface area contributed by atoms with E-state index in [0.717, 1.165) is 18.4 Å². The molecule has 4 aliphatic heterocycles. The first-order chi connectivity index (χ1) is 15.4. The Morgan fingerprint density at radius 2 is 1.81 bits per heavy atom. The minimum atomic E-state index is -1.17. The van der Waals surface area contributed by atoms with Gasteiger partial charge >= 0.3 is 5.97 Å². The Labute approximate surface area is 184 Å². The highest BCUT2D eigenvalue weighted by Crippen LogP contribution is 2.60. The van der Waals surface area contributed by atoms with E-state index in [0.29, 0.717) is 23.7 Å². The summed E-state index contributed by atoms with van der Waals surface area (Å²) in [5.41, 5.74) is 0.726. The van der Waals surface area contributed by atoms with E-state index in [4.69, 9.17) is 4.74 Å². The first-order valence-electron chi connectivity index (χ1n) is 10.8. The van der Waals surface area contributed by atoms with Crippen molar-refractivity contribution >= 4 is 35.1 Å². The highest BCUT2D eigenvalue weighted by Gasteiger charge is 2.74. The fraction of sp³-hybridized carbons (Fsp3) is 0.333. The summed E-state index contributed by atoms with van der Waals surface area (Å²) in [4.78, 5) is 55.4. The fourth-order valence-corrected chi connectivity index (χ4v) is 6.24. The summed E-state index contributed by atoms with van der Waals surface area (Å²) >= 11 is 0. The molecule has 1 N–H and O–H groups in total. The Morgan fingerprint density at radius 3 is 2.56 bits per heavy atom. The molecule has 8 heteroatoms. The van der Waals surface area contributed by atoms with Crippen LogP contribution in [0.2, 0.25) is 0 Å². The van der Waals surface area contributed by atoms with Crippen LogP contribution in [0.3, 0.4) is 0 Å². The molecule has 0 bridgehead atoms. The van der Waals surface area contributed by atoms with E-state index in [1.165, 1.54) is 11.8 Å². The number of fused-ring (bicyclic) bond motifs is 7. The standard InChI is InChI=1S/C24H21N3O5/c1-13(28)32-15-10-8-14(9-11-15)27-21(29)19-18-7-4-12-26(18)24(20(19)22(27)30)16-5-2-3-6-17(16)25-23(24)31/h2-3,5-6,8-11,18-20H,4,7,12H2,1H3,(H,25,31)/t18?,19-,20+,24-/m1/s1. The number of ether oxygens (including phenoxy) is 1. The second-order valence-electron chi connectivity index (χ2n) is 8.77. The van der Waals surface area contributed by atoms with Crippen molar-refractivity contribution in [3.8, 4) is 5.75 Å². The number of esters is 1. The van der Waals surface area contributed by atoms with Crippen LogP contribution < -0.4 is 15.0 Å². The zero-order chi connectivity index (χ0) is 22.2. The van der Waals surface area contributed by atoms with Gasteiger partial charge in [-0.1, -0.05) is 18.2 Å². The first-order valence-corrected chi connectivity index (χ1v) is 10.8. The average molecular weight is 431 g/mol. The molecule has 0 saturated carbocycles. The predicted octanol–water partition coefficient (Wildman–Crippen LogP) is 2.04. The number of carbonyl (C=O) groups is 4. The van der Waals surface area contributed by atoms with Gasteiger partial charge in [-0.3, -0.25) is 24.1 Å². The third kappa shape index (κ3) is 2.25. The van der Waals surface area contributed by atoms with Crippen LogP contribution in [0, 0.1) is 11.8 Å². The van der Waals surface area contributed by atoms with Gasteiger partial charge in [0, 0.05) is 24.2 Å². The summed E-state index contributed by atoms with van der Waals surface area (Å²) in [7, 11) is 0. The molecule has 8 nitrogen and oxygen atoms in total. The van der Waals surface area contributed by atoms with E-state index in [2.05, 4.69) is 10.2 Å². The molecule has 2 aromatic carbocycles. The van der Waals surface area contributed by atoms with Crippen LogP contribution in [-0.4, -0.2) is 41.2 Å². The Bertz CT molecular complexity index is 1190. The molecule has 32 heavy (non-hydrogen) atoms. The number of rotatable bonds is 2. The number of carbonyl (C=O) groups excluding carboxylic acids is 4. The number of para-hydroxylation sites is 1. The van der Waals surface area contributed by atoms with Crippen LogP contribution >= 0.6 is 0 Å². The van der Waals surface area contributed by atoms with E-state index >= 15 is 0 Å². The third-order valence-electron chi connectivity index (χ3n) is 7.26. The molecule has 0 radical (unpaired) electrons. The Kier molecular flexibility index (Phi) is 3.89. The van der Waals surface area contributed by atoms with E-state index in [-0.39, 0.29) is 23.8 Å². The minimum Gasteiger partial charge on any atom is -0.427 e. The van der Waals surface area contributed by atoms with Crippen LogP contribution in [-0.2, 0) is 24.7 Å². The Balaban J connectivity index is 1.46. The molecule has 2 aromatic rings. The normalized spacial score (nSPS) is 30.5. The third-order valence-corrected chi connectivity index (χ3v) is 7.26. The molecule has 0 aliphatic carbocycles. The van der Waals surface area contributed by atoms with E-state index in [1.807, 2.05) is 24.3 Å². The van der Waals surface area contributed by atoms with Crippen molar-refractivity contribution in [1.29, 1.82) is 0 Å². The molecule has 1 unspecified atom stereocenters. The van der Waals surface area contributed by atoms with Crippen molar-refractivity contribution in [2.75, 3.05) is 16.8 Å². The number of amides is 3. The second-order valence-corrected chi connectivity index (χ2v) is 8.77. The summed E-state index contributed by atoms with van der Waals surface area (Å²) in [5, 5.41) is 2.96. The Morgan fingerprint density at radius 1 is 1.06 bits per heavy atom. The van der Waals surface area contributed by atoms with Crippen molar-refractivity contribution in [3.05, 3.63) is 54.1 Å². The number of anilines is 2. The molecule has 3 fully saturated rings. The number of imide groups is 1. The average Bonchev–Trinajstić information content (AvgIpc) is 3.47. The molecule has 4 heterocycles. The van der Waals surface area contributed by atoms with Gasteiger partial charge in [-0.15, -0.1) is 0 Å². The largest absolute Gasteiger partial charge is 0.427 e. The van der Waals surface area contributed by atoms with E-state index in [1.54, 1.807) is 24.3 Å². The molecule has 6 rings (SSSR count). The molecule has 3 saturated heterocycles. The zero-order valence-electron chi connectivity index (χ0n) is 17.4. The molecule has 162 valence electrons. The second kappa shape index (κ2) is 6.49. The van der Waals surface area contributed by atoms with Gasteiger partial charge in [-0.25, -0.2) is 4.90 Å². The number of hydrogen-bond acceptors (Lipinski definition) is 6. The van der Waals surface area contributed by atoms with Crippen LogP contribution in [0.25, 0.3) is 0 Å². The van der Waals surface area contributed by atoms with Gasteiger partial charge in [-0.2, -0.15) is 0 Å². The number of nitrogens with zero attached hydrogens (tertiary/aromatic N) is 2. The number of benzene rings is 2. The molecule has 1 spiro atoms. The highest BCUT2D eigenvalue weighted by molar-refractivity contribution is 6.25. The van der Waals surface area contributed by atoms with E-state index < -0.39 is 23.3 Å². The molecular weight excluding hydrogens is 410 g/mol. The SMILES string of the molecule is CC(=O)Oc1ccc(N2C(=O)[C@@H]3C4CCCN4[C@@]4(C(=O)Nc5ccccc54)[C@@H]3C2=O)cc1. The van der Waals surface area contributed by atoms with Crippen LogP contribution in [0.15, 0.2) is 48.5 Å². The van der Waals surface area contributed by atoms with Gasteiger partial charge in [0.2, 0.25) is 17.7 Å². The van der Waals surface area contributed by atoms with E-state index in [9.17, 15) is 19.2 Å². The van der Waals surface area contributed by atoms with Crippen molar-refractivity contribution in [1.82, 2.24) is 4.90 Å². The first kappa shape index (κ1) is 19.2. The Hall–Kier alpha value is -3.52. The quantitative estimate of drug-likeness (QED) is 0.444. The monoisotopic (exact) mass is 431 g/mol. The molecule has 0 aromatic heterocycles. The summed E-state index contributed by atoms with van der Waals surface area (Å²) in [6, 6.07) is 13.6. The maximum atomic E-state index is 13.8. The minimum absolute atomic E-state index is 0.154. The summed E-state index contributed by atoms with van der Waals surface area (Å²) < 4.78 is 5.06. The van der Waals surface area contributed by atoms with Crippen molar-refractivity contribution < 1.29 is 23.9 Å². The van der Waals surface area contributed by atoms with Crippen LogP contribution in [0.1, 0.15) is 25.3 Å². The van der Waals surface area contributed by atoms with Gasteiger partial charge < -0.3 is 10.1 Å². The summed E-state index contributed by atoms with van der Waals surface area (Å²) in [5.74, 6) is -2.33. The molecule has 3 amide bonds. The lowest BCUT2D eigenvalue weighted by Gasteiger charge is -2.36. The van der Waals surface area contributed by atoms with Crippen molar-refractivity contribution in [2.45, 2.75) is 31.3 Å². The van der Waals surface area contributed by atoms with Gasteiger partial charge in [0.1, 0.15) is 11.3 Å². The molecule has 4 aliphatic rings. The topological polar surface area (TPSA) is 96.0 Å². The maximum Gasteiger partial charge on any atom is 0.308 e. The lowest BCUT2D eigenvalue weighted by molar-refractivity contribution is -0.135. The number of nitrogens with one attached hydrogen (secondary N) is 1. The van der Waals surface area contributed by atoms with Gasteiger partial charge in [0.15, 0.2) is 0 Å². The van der Waals surface area contributed by atoms with Crippen molar-refractivity contribution in [3.63, 3.8) is 0 Å². The van der Waals surface area contributed by atoms with Crippen LogP contribution in [0.5, 0.6) is 5.75 Å². The molecular formula is C24H21N3O5. The van der Waals surface area contributed by atoms with Gasteiger partial charge in [-0.05, 0) is 49.7 Å². The predicted molar refractivity (Wildman–Crippen MR) is 114 cm³/mol. The lowest BCUT2D eigenvalue weighted by Crippen LogP contribution is -2.54. The maximum absolute atomic E-state index is 13.8. The highest BCUT2D eigenvalue weighted by atomic mass is 16.5. The van der Waals surface area contributed by atoms with Crippen molar-refractivity contribution in [2.24, 2.45) is 11.8 Å².